The van der Waals surface area contributed by atoms with Crippen LogP contribution in [-0.2, 0) is 14.3 Å². The molecule has 0 bridgehead atoms. The SMILES string of the molecule is O=C(COC(=O)[C@@H]1CCCN1C(=O)c1ccccc1O)NC1CCCC1. The quantitative estimate of drug-likeness (QED) is 0.778. The molecule has 1 aromatic carbocycles. The van der Waals surface area contributed by atoms with Gasteiger partial charge in [-0.1, -0.05) is 25.0 Å². The first-order chi connectivity index (χ1) is 12.6. The molecule has 1 saturated carbocycles. The monoisotopic (exact) mass is 360 g/mol. The van der Waals surface area contributed by atoms with E-state index in [1.807, 2.05) is 0 Å². The van der Waals surface area contributed by atoms with E-state index >= 15 is 0 Å². The van der Waals surface area contributed by atoms with E-state index in [1.165, 1.54) is 17.0 Å². The Balaban J connectivity index is 1.55. The molecule has 1 aliphatic heterocycles. The molecule has 3 rings (SSSR count). The third-order valence-electron chi connectivity index (χ3n) is 4.99. The fourth-order valence-corrected chi connectivity index (χ4v) is 3.64. The van der Waals surface area contributed by atoms with Crippen molar-refractivity contribution in [2.45, 2.75) is 50.6 Å². The van der Waals surface area contributed by atoms with Crippen molar-refractivity contribution in [3.8, 4) is 5.75 Å². The van der Waals surface area contributed by atoms with Gasteiger partial charge in [0, 0.05) is 12.6 Å². The maximum Gasteiger partial charge on any atom is 0.329 e. The Morgan fingerprint density at radius 1 is 1.12 bits per heavy atom. The average molecular weight is 360 g/mol. The van der Waals surface area contributed by atoms with Crippen LogP contribution >= 0.6 is 0 Å². The summed E-state index contributed by atoms with van der Waals surface area (Å²) < 4.78 is 5.14. The Morgan fingerprint density at radius 3 is 2.58 bits per heavy atom. The molecule has 1 atom stereocenters. The number of carbonyl (C=O) groups is 3. The maximum atomic E-state index is 12.6. The molecule has 2 aliphatic rings. The Morgan fingerprint density at radius 2 is 1.85 bits per heavy atom. The Kier molecular flexibility index (Phi) is 5.75. The lowest BCUT2D eigenvalue weighted by atomic mass is 10.1. The molecule has 7 heteroatoms. The predicted octanol–water partition coefficient (Wildman–Crippen LogP) is 1.60. The van der Waals surface area contributed by atoms with Crippen molar-refractivity contribution in [1.29, 1.82) is 0 Å². The van der Waals surface area contributed by atoms with E-state index in [-0.39, 0.29) is 29.9 Å². The minimum atomic E-state index is -0.721. The maximum absolute atomic E-state index is 12.6. The molecule has 2 amide bonds. The zero-order valence-corrected chi connectivity index (χ0v) is 14.6. The predicted molar refractivity (Wildman–Crippen MR) is 93.5 cm³/mol. The number of phenolic OH excluding ortho intramolecular Hbond substituents is 1. The third-order valence-corrected chi connectivity index (χ3v) is 4.99. The third kappa shape index (κ3) is 4.15. The molecular weight excluding hydrogens is 336 g/mol. The topological polar surface area (TPSA) is 95.9 Å². The number of hydrogen-bond donors (Lipinski definition) is 2. The molecular formula is C19H24N2O5. The Hall–Kier alpha value is -2.57. The van der Waals surface area contributed by atoms with Gasteiger partial charge in [0.05, 0.1) is 5.56 Å². The molecule has 140 valence electrons. The first-order valence-corrected chi connectivity index (χ1v) is 9.11. The number of benzene rings is 1. The van der Waals surface area contributed by atoms with Crippen molar-refractivity contribution < 1.29 is 24.2 Å². The second-order valence-electron chi connectivity index (χ2n) is 6.83. The van der Waals surface area contributed by atoms with Crippen LogP contribution in [0.5, 0.6) is 5.75 Å². The van der Waals surface area contributed by atoms with Crippen LogP contribution in [0.15, 0.2) is 24.3 Å². The minimum Gasteiger partial charge on any atom is -0.507 e. The highest BCUT2D eigenvalue weighted by Crippen LogP contribution is 2.25. The first-order valence-electron chi connectivity index (χ1n) is 9.11. The number of para-hydroxylation sites is 1. The number of ether oxygens (including phenoxy) is 1. The van der Waals surface area contributed by atoms with Gasteiger partial charge in [-0.2, -0.15) is 0 Å². The van der Waals surface area contributed by atoms with Gasteiger partial charge < -0.3 is 20.1 Å². The number of carbonyl (C=O) groups excluding carboxylic acids is 3. The number of rotatable bonds is 5. The van der Waals surface area contributed by atoms with Gasteiger partial charge in [0.25, 0.3) is 11.8 Å². The summed E-state index contributed by atoms with van der Waals surface area (Å²) in [5, 5.41) is 12.7. The van der Waals surface area contributed by atoms with Gasteiger partial charge in [-0.05, 0) is 37.8 Å². The second-order valence-corrected chi connectivity index (χ2v) is 6.83. The lowest BCUT2D eigenvalue weighted by molar-refractivity contribution is -0.152. The van der Waals surface area contributed by atoms with Gasteiger partial charge in [-0.15, -0.1) is 0 Å². The van der Waals surface area contributed by atoms with Gasteiger partial charge in [-0.3, -0.25) is 9.59 Å². The smallest absolute Gasteiger partial charge is 0.329 e. The van der Waals surface area contributed by atoms with E-state index in [0.29, 0.717) is 19.4 Å². The van der Waals surface area contributed by atoms with E-state index in [0.717, 1.165) is 25.7 Å². The van der Waals surface area contributed by atoms with Gasteiger partial charge in [0.2, 0.25) is 0 Å². The molecule has 0 radical (unpaired) electrons. The Labute approximate surface area is 152 Å². The van der Waals surface area contributed by atoms with Crippen LogP contribution in [0, 0.1) is 0 Å². The molecule has 2 N–H and O–H groups in total. The van der Waals surface area contributed by atoms with Crippen LogP contribution in [0.3, 0.4) is 0 Å². The Bertz CT molecular complexity index is 684. The summed E-state index contributed by atoms with van der Waals surface area (Å²) in [6.45, 7) is 0.0889. The van der Waals surface area contributed by atoms with Crippen LogP contribution in [0.2, 0.25) is 0 Å². The molecule has 1 heterocycles. The van der Waals surface area contributed by atoms with Crippen molar-refractivity contribution in [3.63, 3.8) is 0 Å². The fraction of sp³-hybridized carbons (Fsp3) is 0.526. The van der Waals surface area contributed by atoms with Crippen LogP contribution in [0.25, 0.3) is 0 Å². The van der Waals surface area contributed by atoms with Crippen LogP contribution in [0.4, 0.5) is 0 Å². The molecule has 0 aromatic heterocycles. The van der Waals surface area contributed by atoms with E-state index in [4.69, 9.17) is 4.74 Å². The van der Waals surface area contributed by atoms with Crippen molar-refractivity contribution in [3.05, 3.63) is 29.8 Å². The van der Waals surface area contributed by atoms with Crippen molar-refractivity contribution in [1.82, 2.24) is 10.2 Å². The number of phenols is 1. The van der Waals surface area contributed by atoms with Gasteiger partial charge >= 0.3 is 5.97 Å². The van der Waals surface area contributed by atoms with Crippen molar-refractivity contribution in [2.75, 3.05) is 13.2 Å². The highest BCUT2D eigenvalue weighted by molar-refractivity contribution is 5.99. The van der Waals surface area contributed by atoms with Gasteiger partial charge in [0.15, 0.2) is 6.61 Å². The number of esters is 1. The highest BCUT2D eigenvalue weighted by Gasteiger charge is 2.36. The van der Waals surface area contributed by atoms with E-state index in [2.05, 4.69) is 5.32 Å². The van der Waals surface area contributed by atoms with Crippen molar-refractivity contribution in [2.24, 2.45) is 0 Å². The standard InChI is InChI=1S/C19H24N2O5/c22-16-10-4-3-8-14(16)18(24)21-11-5-9-15(21)19(25)26-12-17(23)20-13-6-1-2-7-13/h3-4,8,10,13,15,22H,1-2,5-7,9,11-12H2,(H,20,23)/t15-/m0/s1. The summed E-state index contributed by atoms with van der Waals surface area (Å²) in [6.07, 6.45) is 5.30. The van der Waals surface area contributed by atoms with E-state index in [1.54, 1.807) is 12.1 Å². The largest absolute Gasteiger partial charge is 0.507 e. The molecule has 0 spiro atoms. The van der Waals surface area contributed by atoms with E-state index in [9.17, 15) is 19.5 Å². The number of hydrogen-bond acceptors (Lipinski definition) is 5. The van der Waals surface area contributed by atoms with E-state index < -0.39 is 17.9 Å². The summed E-state index contributed by atoms with van der Waals surface area (Å²) in [7, 11) is 0. The van der Waals surface area contributed by atoms with Gasteiger partial charge in [-0.25, -0.2) is 4.79 Å². The van der Waals surface area contributed by atoms with Gasteiger partial charge in [0.1, 0.15) is 11.8 Å². The van der Waals surface area contributed by atoms with Crippen LogP contribution in [0.1, 0.15) is 48.9 Å². The lowest BCUT2D eigenvalue weighted by Crippen LogP contribution is -2.43. The summed E-state index contributed by atoms with van der Waals surface area (Å²) in [6, 6.07) is 5.69. The molecule has 7 nitrogen and oxygen atoms in total. The summed E-state index contributed by atoms with van der Waals surface area (Å²) in [5.74, 6) is -1.40. The fourth-order valence-electron chi connectivity index (χ4n) is 3.64. The number of amides is 2. The molecule has 1 aromatic rings. The minimum absolute atomic E-state index is 0.118. The zero-order valence-electron chi connectivity index (χ0n) is 14.6. The summed E-state index contributed by atoms with van der Waals surface area (Å²) >= 11 is 0. The zero-order chi connectivity index (χ0) is 18.5. The summed E-state index contributed by atoms with van der Waals surface area (Å²) in [4.78, 5) is 38.3. The second kappa shape index (κ2) is 8.21. The molecule has 2 fully saturated rings. The highest BCUT2D eigenvalue weighted by atomic mass is 16.5. The molecule has 26 heavy (non-hydrogen) atoms. The first kappa shape index (κ1) is 18.2. The normalized spacial score (nSPS) is 20.2. The van der Waals surface area contributed by atoms with Crippen LogP contribution in [-0.4, -0.2) is 53.0 Å². The lowest BCUT2D eigenvalue weighted by Gasteiger charge is -2.23. The number of nitrogens with zero attached hydrogens (tertiary/aromatic N) is 1. The van der Waals surface area contributed by atoms with Crippen LogP contribution < -0.4 is 5.32 Å². The number of aromatic hydroxyl groups is 1. The number of likely N-dealkylation sites (tertiary alicyclic amines) is 1. The molecule has 1 saturated heterocycles. The average Bonchev–Trinajstić information content (AvgIpc) is 3.31. The van der Waals surface area contributed by atoms with Crippen molar-refractivity contribution >= 4 is 17.8 Å². The number of nitrogens with one attached hydrogen (secondary N) is 1. The molecule has 0 unspecified atom stereocenters. The summed E-state index contributed by atoms with van der Waals surface area (Å²) in [5.41, 5.74) is 0.158. The molecule has 1 aliphatic carbocycles.